The number of allylic oxidation sites excluding steroid dienone is 3. The lowest BCUT2D eigenvalue weighted by Crippen LogP contribution is -2.45. The molecular formula is C73H141NO5. The first-order valence-corrected chi connectivity index (χ1v) is 36.1. The van der Waals surface area contributed by atoms with Crippen molar-refractivity contribution in [1.29, 1.82) is 0 Å². The number of hydrogen-bond donors (Lipinski definition) is 3. The maximum absolute atomic E-state index is 12.4. The molecule has 0 radical (unpaired) electrons. The van der Waals surface area contributed by atoms with Gasteiger partial charge < -0.3 is 20.3 Å². The summed E-state index contributed by atoms with van der Waals surface area (Å²) in [4.78, 5) is 24.5. The fourth-order valence-electron chi connectivity index (χ4n) is 11.5. The number of ether oxygens (including phenoxy) is 1. The number of hydrogen-bond acceptors (Lipinski definition) is 5. The average Bonchev–Trinajstić information content (AvgIpc) is 3.45. The maximum atomic E-state index is 12.4. The maximum Gasteiger partial charge on any atom is 0.305 e. The van der Waals surface area contributed by atoms with E-state index in [2.05, 4.69) is 31.3 Å². The number of rotatable bonds is 68. The first-order chi connectivity index (χ1) is 39.0. The van der Waals surface area contributed by atoms with Crippen LogP contribution in [0.15, 0.2) is 24.3 Å². The van der Waals surface area contributed by atoms with E-state index in [1.807, 2.05) is 6.08 Å². The molecule has 0 aromatic heterocycles. The molecule has 0 heterocycles. The Hall–Kier alpha value is -1.66. The standard InChI is InChI=1S/C73H141NO5/c1-3-5-7-9-11-13-14-15-44-47-51-55-59-63-67-73(78)79-68-64-60-56-52-48-45-42-40-38-36-34-32-30-28-26-24-22-20-18-16-17-19-21-23-25-27-29-31-33-35-37-39-41-43-46-50-54-58-62-66-72(77)74-70(69-75)71(76)65-61-57-53-49-12-10-8-6-4-2/h16-17,61,65,70-71,75-76H,3-15,18-60,62-64,66-69H2,1-2H3,(H,74,77)/b17-16-,65-61+. The van der Waals surface area contributed by atoms with Crippen LogP contribution in [0.3, 0.4) is 0 Å². The van der Waals surface area contributed by atoms with E-state index < -0.39 is 12.1 Å². The van der Waals surface area contributed by atoms with E-state index in [1.54, 1.807) is 6.08 Å². The summed E-state index contributed by atoms with van der Waals surface area (Å²) in [7, 11) is 0. The van der Waals surface area contributed by atoms with E-state index >= 15 is 0 Å². The van der Waals surface area contributed by atoms with Crippen molar-refractivity contribution in [2.45, 2.75) is 418 Å². The van der Waals surface area contributed by atoms with Crippen molar-refractivity contribution in [2.75, 3.05) is 13.2 Å². The second-order valence-corrected chi connectivity index (χ2v) is 24.9. The largest absolute Gasteiger partial charge is 0.466 e. The summed E-state index contributed by atoms with van der Waals surface area (Å²) in [6.45, 7) is 4.91. The fraction of sp³-hybridized carbons (Fsp3) is 0.918. The van der Waals surface area contributed by atoms with Gasteiger partial charge in [-0.2, -0.15) is 0 Å². The highest BCUT2D eigenvalue weighted by Gasteiger charge is 2.18. The van der Waals surface area contributed by atoms with Crippen molar-refractivity contribution in [2.24, 2.45) is 0 Å². The molecule has 0 saturated heterocycles. The predicted molar refractivity (Wildman–Crippen MR) is 347 cm³/mol. The fourth-order valence-corrected chi connectivity index (χ4v) is 11.5. The van der Waals surface area contributed by atoms with Crippen molar-refractivity contribution >= 4 is 11.9 Å². The minimum absolute atomic E-state index is 0.0251. The summed E-state index contributed by atoms with van der Waals surface area (Å²) in [5.41, 5.74) is 0. The van der Waals surface area contributed by atoms with Gasteiger partial charge in [0.2, 0.25) is 5.91 Å². The molecule has 468 valence electrons. The zero-order chi connectivity index (χ0) is 57.1. The van der Waals surface area contributed by atoms with Gasteiger partial charge in [-0.3, -0.25) is 9.59 Å². The first-order valence-electron chi connectivity index (χ1n) is 36.1. The number of nitrogens with one attached hydrogen (secondary N) is 1. The molecule has 79 heavy (non-hydrogen) atoms. The summed E-state index contributed by atoms with van der Waals surface area (Å²) in [5, 5.41) is 23.0. The van der Waals surface area contributed by atoms with Crippen molar-refractivity contribution in [3.8, 4) is 0 Å². The Kier molecular flexibility index (Phi) is 67.4. The van der Waals surface area contributed by atoms with Gasteiger partial charge in [-0.1, -0.05) is 359 Å². The Morgan fingerprint density at radius 2 is 0.595 bits per heavy atom. The molecule has 0 aliphatic rings. The highest BCUT2D eigenvalue weighted by molar-refractivity contribution is 5.76. The van der Waals surface area contributed by atoms with Gasteiger partial charge in [-0.25, -0.2) is 0 Å². The minimum Gasteiger partial charge on any atom is -0.466 e. The number of carbonyl (C=O) groups excluding carboxylic acids is 2. The van der Waals surface area contributed by atoms with Crippen LogP contribution in [0.2, 0.25) is 0 Å². The van der Waals surface area contributed by atoms with Gasteiger partial charge in [0, 0.05) is 12.8 Å². The zero-order valence-electron chi connectivity index (χ0n) is 53.6. The monoisotopic (exact) mass is 1110 g/mol. The molecule has 0 saturated carbocycles. The van der Waals surface area contributed by atoms with E-state index in [0.717, 1.165) is 38.5 Å². The number of aliphatic hydroxyl groups excluding tert-OH is 2. The van der Waals surface area contributed by atoms with Crippen LogP contribution in [-0.4, -0.2) is 47.4 Å². The number of esters is 1. The van der Waals surface area contributed by atoms with E-state index in [0.29, 0.717) is 19.4 Å². The predicted octanol–water partition coefficient (Wildman–Crippen LogP) is 23.3. The Balaban J connectivity index is 3.29. The van der Waals surface area contributed by atoms with Crippen LogP contribution in [0.25, 0.3) is 0 Å². The van der Waals surface area contributed by atoms with Crippen molar-refractivity contribution in [1.82, 2.24) is 5.32 Å². The molecule has 3 N–H and O–H groups in total. The average molecular weight is 1110 g/mol. The molecule has 6 nitrogen and oxygen atoms in total. The molecule has 0 bridgehead atoms. The summed E-state index contributed by atoms with van der Waals surface area (Å²) in [6, 6.07) is -0.622. The van der Waals surface area contributed by atoms with Gasteiger partial charge in [0.05, 0.1) is 25.4 Å². The smallest absolute Gasteiger partial charge is 0.305 e. The van der Waals surface area contributed by atoms with Gasteiger partial charge in [-0.15, -0.1) is 0 Å². The SMILES string of the molecule is CCCCCCCCC/C=C/C(O)C(CO)NC(=O)CCCCCCCCCCCCCCCCCCC/C=C\CCCCCCCCCCCCCCCCCCCCOC(=O)CCCCCCCCCCCCCCCC. The molecule has 1 amide bonds. The van der Waals surface area contributed by atoms with E-state index in [1.165, 1.54) is 340 Å². The highest BCUT2D eigenvalue weighted by Crippen LogP contribution is 2.19. The molecule has 6 heteroatoms. The molecule has 2 atom stereocenters. The third-order valence-corrected chi connectivity index (χ3v) is 17.0. The number of carbonyl (C=O) groups is 2. The highest BCUT2D eigenvalue weighted by atomic mass is 16.5. The third kappa shape index (κ3) is 65.4. The van der Waals surface area contributed by atoms with Crippen LogP contribution in [0.1, 0.15) is 406 Å². The van der Waals surface area contributed by atoms with Gasteiger partial charge in [-0.05, 0) is 57.8 Å². The second kappa shape index (κ2) is 68.8. The normalized spacial score (nSPS) is 12.6. The summed E-state index contributed by atoms with van der Waals surface area (Å²) < 4.78 is 5.50. The molecule has 0 aliphatic heterocycles. The molecule has 0 rings (SSSR count). The van der Waals surface area contributed by atoms with Crippen molar-refractivity contribution < 1.29 is 24.5 Å². The second-order valence-electron chi connectivity index (χ2n) is 24.9. The van der Waals surface area contributed by atoms with Gasteiger partial charge in [0.15, 0.2) is 0 Å². The van der Waals surface area contributed by atoms with Crippen LogP contribution < -0.4 is 5.32 Å². The van der Waals surface area contributed by atoms with Gasteiger partial charge in [0.25, 0.3) is 0 Å². The topological polar surface area (TPSA) is 95.9 Å². The van der Waals surface area contributed by atoms with Crippen LogP contribution in [-0.2, 0) is 14.3 Å². The lowest BCUT2D eigenvalue weighted by molar-refractivity contribution is -0.143. The molecule has 0 fully saturated rings. The van der Waals surface area contributed by atoms with E-state index in [4.69, 9.17) is 4.74 Å². The lowest BCUT2D eigenvalue weighted by Gasteiger charge is -2.20. The number of unbranched alkanes of at least 4 members (excludes halogenated alkanes) is 55. The van der Waals surface area contributed by atoms with E-state index in [9.17, 15) is 19.8 Å². The van der Waals surface area contributed by atoms with Crippen LogP contribution in [0.5, 0.6) is 0 Å². The minimum atomic E-state index is -0.838. The van der Waals surface area contributed by atoms with Gasteiger partial charge in [0.1, 0.15) is 0 Å². The molecule has 0 aromatic carbocycles. The van der Waals surface area contributed by atoms with E-state index in [-0.39, 0.29) is 18.5 Å². The molecule has 0 aliphatic carbocycles. The Labute approximate surface area is 494 Å². The third-order valence-electron chi connectivity index (χ3n) is 17.0. The quantitative estimate of drug-likeness (QED) is 0.0320. The summed E-state index contributed by atoms with van der Waals surface area (Å²) in [6.07, 6.45) is 87.3. The zero-order valence-corrected chi connectivity index (χ0v) is 53.6. The summed E-state index contributed by atoms with van der Waals surface area (Å²) >= 11 is 0. The molecule has 0 spiro atoms. The lowest BCUT2D eigenvalue weighted by atomic mass is 10.0. The van der Waals surface area contributed by atoms with Crippen molar-refractivity contribution in [3.05, 3.63) is 24.3 Å². The van der Waals surface area contributed by atoms with Gasteiger partial charge >= 0.3 is 5.97 Å². The molecular weight excluding hydrogens is 971 g/mol. The number of amides is 1. The van der Waals surface area contributed by atoms with Crippen LogP contribution in [0, 0.1) is 0 Å². The van der Waals surface area contributed by atoms with Crippen LogP contribution in [0.4, 0.5) is 0 Å². The Morgan fingerprint density at radius 3 is 0.899 bits per heavy atom. The molecule has 0 aromatic rings. The first kappa shape index (κ1) is 77.3. The summed E-state index contributed by atoms with van der Waals surface area (Å²) in [5.74, 6) is -0.0396. The van der Waals surface area contributed by atoms with Crippen LogP contribution >= 0.6 is 0 Å². The Bertz CT molecular complexity index is 1230. The number of aliphatic hydroxyl groups is 2. The Morgan fingerprint density at radius 1 is 0.342 bits per heavy atom. The van der Waals surface area contributed by atoms with Crippen molar-refractivity contribution in [3.63, 3.8) is 0 Å². The molecule has 2 unspecified atom stereocenters.